The van der Waals surface area contributed by atoms with E-state index in [0.717, 1.165) is 11.3 Å². The van der Waals surface area contributed by atoms with Crippen LogP contribution in [0.1, 0.15) is 23.0 Å². The van der Waals surface area contributed by atoms with E-state index >= 15 is 0 Å². The highest BCUT2D eigenvalue weighted by molar-refractivity contribution is 5.95. The molecule has 26 heavy (non-hydrogen) atoms. The summed E-state index contributed by atoms with van der Waals surface area (Å²) in [6.07, 6.45) is 3.40. The van der Waals surface area contributed by atoms with Crippen LogP contribution in [0.25, 0.3) is 5.65 Å². The van der Waals surface area contributed by atoms with Crippen LogP contribution in [0.4, 0.5) is 10.1 Å². The van der Waals surface area contributed by atoms with Crippen molar-refractivity contribution < 1.29 is 9.18 Å². The molecule has 0 spiro atoms. The van der Waals surface area contributed by atoms with Gasteiger partial charge >= 0.3 is 0 Å². The SMILES string of the molecule is Cc1nc2ccnn2cc1C(=O)N1CCN(c2cccc(F)c2)CC1C. The highest BCUT2D eigenvalue weighted by Crippen LogP contribution is 2.22. The molecule has 2 aromatic heterocycles. The molecule has 4 rings (SSSR count). The Balaban J connectivity index is 1.55. The Kier molecular flexibility index (Phi) is 4.06. The summed E-state index contributed by atoms with van der Waals surface area (Å²) in [5.74, 6) is -0.290. The summed E-state index contributed by atoms with van der Waals surface area (Å²) in [7, 11) is 0. The van der Waals surface area contributed by atoms with Crippen LogP contribution in [-0.2, 0) is 0 Å². The number of rotatable bonds is 2. The van der Waals surface area contributed by atoms with Crippen molar-refractivity contribution in [3.05, 3.63) is 59.8 Å². The minimum Gasteiger partial charge on any atom is -0.368 e. The van der Waals surface area contributed by atoms with E-state index in [9.17, 15) is 9.18 Å². The Hall–Kier alpha value is -2.96. The van der Waals surface area contributed by atoms with Crippen molar-refractivity contribution in [3.63, 3.8) is 0 Å². The number of halogens is 1. The van der Waals surface area contributed by atoms with Gasteiger partial charge in [-0.3, -0.25) is 4.79 Å². The number of aryl methyl sites for hydroxylation is 1. The summed E-state index contributed by atoms with van der Waals surface area (Å²) in [4.78, 5) is 21.5. The zero-order valence-corrected chi connectivity index (χ0v) is 14.8. The van der Waals surface area contributed by atoms with Crippen LogP contribution in [0.15, 0.2) is 42.7 Å². The van der Waals surface area contributed by atoms with Gasteiger partial charge < -0.3 is 9.80 Å². The normalized spacial score (nSPS) is 17.7. The third kappa shape index (κ3) is 2.89. The van der Waals surface area contributed by atoms with Crippen LogP contribution in [-0.4, -0.2) is 51.1 Å². The lowest BCUT2D eigenvalue weighted by Crippen LogP contribution is -2.54. The summed E-state index contributed by atoms with van der Waals surface area (Å²) in [6, 6.07) is 8.39. The first kappa shape index (κ1) is 16.5. The Morgan fingerprint density at radius 3 is 2.88 bits per heavy atom. The molecule has 7 heteroatoms. The van der Waals surface area contributed by atoms with E-state index in [-0.39, 0.29) is 17.8 Å². The van der Waals surface area contributed by atoms with Gasteiger partial charge in [0.15, 0.2) is 5.65 Å². The van der Waals surface area contributed by atoms with Crippen LogP contribution >= 0.6 is 0 Å². The molecule has 1 aliphatic rings. The molecule has 1 aliphatic heterocycles. The molecule has 1 unspecified atom stereocenters. The van der Waals surface area contributed by atoms with Crippen molar-refractivity contribution in [2.45, 2.75) is 19.9 Å². The summed E-state index contributed by atoms with van der Waals surface area (Å²) < 4.78 is 15.1. The highest BCUT2D eigenvalue weighted by atomic mass is 19.1. The van der Waals surface area contributed by atoms with Crippen LogP contribution in [0, 0.1) is 12.7 Å². The molecule has 6 nitrogen and oxygen atoms in total. The van der Waals surface area contributed by atoms with Gasteiger partial charge in [-0.05, 0) is 32.0 Å². The second-order valence-corrected chi connectivity index (χ2v) is 6.65. The van der Waals surface area contributed by atoms with Crippen molar-refractivity contribution in [2.24, 2.45) is 0 Å². The van der Waals surface area contributed by atoms with Gasteiger partial charge in [0.1, 0.15) is 5.82 Å². The van der Waals surface area contributed by atoms with E-state index in [1.54, 1.807) is 23.0 Å². The first-order valence-corrected chi connectivity index (χ1v) is 8.65. The number of carbonyl (C=O) groups is 1. The van der Waals surface area contributed by atoms with Gasteiger partial charge in [-0.15, -0.1) is 0 Å². The van der Waals surface area contributed by atoms with Gasteiger partial charge in [0, 0.05) is 43.6 Å². The first-order chi connectivity index (χ1) is 12.5. The van der Waals surface area contributed by atoms with Gasteiger partial charge in [0.05, 0.1) is 17.5 Å². The molecular weight excluding hydrogens is 333 g/mol. The molecule has 0 aliphatic carbocycles. The molecule has 3 heterocycles. The molecular formula is C19H20FN5O. The molecule has 0 bridgehead atoms. The van der Waals surface area contributed by atoms with Crippen molar-refractivity contribution in [1.29, 1.82) is 0 Å². The number of amides is 1. The summed E-state index contributed by atoms with van der Waals surface area (Å²) in [5, 5.41) is 4.17. The lowest BCUT2D eigenvalue weighted by atomic mass is 10.1. The van der Waals surface area contributed by atoms with Gasteiger partial charge in [-0.25, -0.2) is 13.9 Å². The highest BCUT2D eigenvalue weighted by Gasteiger charge is 2.29. The van der Waals surface area contributed by atoms with E-state index in [1.165, 1.54) is 12.1 Å². The summed E-state index contributed by atoms with van der Waals surface area (Å²) in [5.41, 5.74) is 2.83. The third-order valence-corrected chi connectivity index (χ3v) is 4.86. The van der Waals surface area contributed by atoms with Crippen molar-refractivity contribution >= 4 is 17.2 Å². The molecule has 0 N–H and O–H groups in total. The zero-order valence-electron chi connectivity index (χ0n) is 14.8. The lowest BCUT2D eigenvalue weighted by molar-refractivity contribution is 0.0672. The zero-order chi connectivity index (χ0) is 18.3. The van der Waals surface area contributed by atoms with Gasteiger partial charge in [-0.1, -0.05) is 6.07 Å². The van der Waals surface area contributed by atoms with E-state index in [2.05, 4.69) is 15.0 Å². The monoisotopic (exact) mass is 353 g/mol. The minimum absolute atomic E-state index is 0.00670. The predicted octanol–water partition coefficient (Wildman–Crippen LogP) is 2.53. The number of anilines is 1. The maximum absolute atomic E-state index is 13.5. The molecule has 1 fully saturated rings. The largest absolute Gasteiger partial charge is 0.368 e. The van der Waals surface area contributed by atoms with Crippen LogP contribution < -0.4 is 4.90 Å². The molecule has 0 radical (unpaired) electrons. The van der Waals surface area contributed by atoms with Crippen molar-refractivity contribution in [1.82, 2.24) is 19.5 Å². The fraction of sp³-hybridized carbons (Fsp3) is 0.316. The first-order valence-electron chi connectivity index (χ1n) is 8.65. The van der Waals surface area contributed by atoms with Crippen LogP contribution in [0.2, 0.25) is 0 Å². The molecule has 134 valence electrons. The average molecular weight is 353 g/mol. The van der Waals surface area contributed by atoms with E-state index in [4.69, 9.17) is 0 Å². The molecule has 1 saturated heterocycles. The Labute approximate surface area is 150 Å². The quantitative estimate of drug-likeness (QED) is 0.710. The number of nitrogens with zero attached hydrogens (tertiary/aromatic N) is 5. The van der Waals surface area contributed by atoms with Crippen molar-refractivity contribution in [3.8, 4) is 0 Å². The maximum atomic E-state index is 13.5. The second-order valence-electron chi connectivity index (χ2n) is 6.65. The number of piperazine rings is 1. The maximum Gasteiger partial charge on any atom is 0.257 e. The van der Waals surface area contributed by atoms with Gasteiger partial charge in [0.25, 0.3) is 5.91 Å². The predicted molar refractivity (Wildman–Crippen MR) is 96.8 cm³/mol. The number of aromatic nitrogens is 3. The van der Waals surface area contributed by atoms with Gasteiger partial charge in [0.2, 0.25) is 0 Å². The molecule has 1 amide bonds. The summed E-state index contributed by atoms with van der Waals surface area (Å²) in [6.45, 7) is 5.75. The number of carbonyl (C=O) groups excluding carboxylic acids is 1. The number of fused-ring (bicyclic) bond motifs is 1. The van der Waals surface area contributed by atoms with Crippen molar-refractivity contribution in [2.75, 3.05) is 24.5 Å². The van der Waals surface area contributed by atoms with Gasteiger partial charge in [-0.2, -0.15) is 5.10 Å². The standard InChI is InChI=1S/C19H20FN5O/c1-13-11-23(16-5-3-4-15(20)10-16)8-9-24(13)19(26)17-12-25-18(6-7-21-25)22-14(17)2/h3-7,10,12-13H,8-9,11H2,1-2H3. The van der Waals surface area contributed by atoms with E-state index in [1.807, 2.05) is 30.9 Å². The Bertz CT molecular complexity index is 969. The van der Waals surface area contributed by atoms with E-state index < -0.39 is 0 Å². The smallest absolute Gasteiger partial charge is 0.257 e. The topological polar surface area (TPSA) is 53.7 Å². The lowest BCUT2D eigenvalue weighted by Gasteiger charge is -2.41. The molecule has 0 saturated carbocycles. The molecule has 3 aromatic rings. The summed E-state index contributed by atoms with van der Waals surface area (Å²) >= 11 is 0. The Morgan fingerprint density at radius 1 is 1.27 bits per heavy atom. The number of hydrogen-bond acceptors (Lipinski definition) is 4. The fourth-order valence-electron chi connectivity index (χ4n) is 3.47. The Morgan fingerprint density at radius 2 is 2.12 bits per heavy atom. The minimum atomic E-state index is -0.247. The molecule has 1 atom stereocenters. The van der Waals surface area contributed by atoms with Crippen LogP contribution in [0.3, 0.4) is 0 Å². The fourth-order valence-corrected chi connectivity index (χ4v) is 3.47. The van der Waals surface area contributed by atoms with Crippen LogP contribution in [0.5, 0.6) is 0 Å². The number of benzene rings is 1. The number of hydrogen-bond donors (Lipinski definition) is 0. The van der Waals surface area contributed by atoms with E-state index in [0.29, 0.717) is 30.9 Å². The molecule has 1 aromatic carbocycles. The second kappa shape index (κ2) is 6.40. The average Bonchev–Trinajstić information content (AvgIpc) is 3.07. The third-order valence-electron chi connectivity index (χ3n) is 4.86.